The Morgan fingerprint density at radius 1 is 1.12 bits per heavy atom. The van der Waals surface area contributed by atoms with Crippen LogP contribution in [0.4, 0.5) is 0 Å². The third-order valence-electron chi connectivity index (χ3n) is 8.28. The molecule has 3 atom stereocenters. The zero-order valence-corrected chi connectivity index (χ0v) is 30.8. The predicted molar refractivity (Wildman–Crippen MR) is 189 cm³/mol. The molecule has 1 aliphatic rings. The summed E-state index contributed by atoms with van der Waals surface area (Å²) in [5.74, 6) is -1.37. The molecule has 0 spiro atoms. The van der Waals surface area contributed by atoms with Crippen LogP contribution in [0.3, 0.4) is 0 Å². The normalized spacial score (nSPS) is 17.0. The summed E-state index contributed by atoms with van der Waals surface area (Å²) in [4.78, 5) is 55.7. The van der Waals surface area contributed by atoms with Gasteiger partial charge in [0, 0.05) is 42.7 Å². The molecule has 1 aliphatic heterocycles. The lowest BCUT2D eigenvalue weighted by Gasteiger charge is -2.35. The zero-order chi connectivity index (χ0) is 35.6. The van der Waals surface area contributed by atoms with Crippen molar-refractivity contribution >= 4 is 75.3 Å². The maximum Gasteiger partial charge on any atom is 0.303 e. The number of hydrogen-bond donors (Lipinski definition) is 2. The van der Waals surface area contributed by atoms with Gasteiger partial charge in [-0.3, -0.25) is 24.2 Å². The molecule has 13 heteroatoms. The number of alkyl halides is 3. The van der Waals surface area contributed by atoms with Gasteiger partial charge in [-0.1, -0.05) is 79.0 Å². The van der Waals surface area contributed by atoms with Gasteiger partial charge in [0.15, 0.2) is 0 Å². The Balaban J connectivity index is 1.55. The number of carbonyl (C=O) groups excluding carboxylic acids is 4. The van der Waals surface area contributed by atoms with Crippen molar-refractivity contribution in [3.63, 3.8) is 0 Å². The summed E-state index contributed by atoms with van der Waals surface area (Å²) in [6.45, 7) is 11.4. The van der Waals surface area contributed by atoms with Crippen LogP contribution < -0.4 is 10.7 Å². The molecular formula is C35H47Cl3N4O6. The average Bonchev–Trinajstić information content (AvgIpc) is 3.01. The number of nitrogens with zero attached hydrogens (tertiary/aromatic N) is 2. The van der Waals surface area contributed by atoms with Crippen LogP contribution in [0.25, 0.3) is 17.0 Å². The Bertz CT molecular complexity index is 1480. The lowest BCUT2D eigenvalue weighted by molar-refractivity contribution is -0.142. The Kier molecular flexibility index (Phi) is 14.7. The van der Waals surface area contributed by atoms with Crippen molar-refractivity contribution < 1.29 is 28.7 Å². The van der Waals surface area contributed by atoms with E-state index in [9.17, 15) is 19.2 Å². The van der Waals surface area contributed by atoms with Crippen LogP contribution in [-0.2, 0) is 35.3 Å². The third kappa shape index (κ3) is 12.6. The van der Waals surface area contributed by atoms with Crippen molar-refractivity contribution in [3.8, 4) is 0 Å². The topological polar surface area (TPSA) is 127 Å². The standard InChI is InChI=1S/C35H47Cl3N4O6/c1-22(2)29(32(45)39-23(3)33(46)42-17-7-8-28(41-42)19-47-21-35(36,37)38)13-14-31(44)34(5,6)16-15-25-9-10-26-11-12-27(20-48-24(4)43)40-30(26)18-25/h9-12,15-16,18,22-23,28-29,41H,7-8,13-14,17,19-21H2,1-6H3,(H,39,45). The van der Waals surface area contributed by atoms with E-state index in [2.05, 4.69) is 15.7 Å². The van der Waals surface area contributed by atoms with E-state index < -0.39 is 21.2 Å². The Morgan fingerprint density at radius 2 is 1.83 bits per heavy atom. The quantitative estimate of drug-likeness (QED) is 0.161. The van der Waals surface area contributed by atoms with Gasteiger partial charge in [0.25, 0.3) is 5.91 Å². The highest BCUT2D eigenvalue weighted by Crippen LogP contribution is 2.28. The van der Waals surface area contributed by atoms with Crippen LogP contribution in [0, 0.1) is 17.3 Å². The fourth-order valence-corrected chi connectivity index (χ4v) is 5.61. The van der Waals surface area contributed by atoms with Gasteiger partial charge < -0.3 is 14.8 Å². The molecule has 3 unspecified atom stereocenters. The number of esters is 1. The maximum absolute atomic E-state index is 13.4. The molecule has 10 nitrogen and oxygen atoms in total. The lowest BCUT2D eigenvalue weighted by atomic mass is 9.81. The van der Waals surface area contributed by atoms with Crippen molar-refractivity contribution in [3.05, 3.63) is 47.7 Å². The SMILES string of the molecule is CC(=O)OCc1ccc2ccc(C=CC(C)(C)C(=O)CCC(C(=O)NC(C)C(=O)N3CCCC(COCC(Cl)(Cl)Cl)N3)C(C)C)cc2n1. The van der Waals surface area contributed by atoms with Crippen LogP contribution in [-0.4, -0.2) is 69.2 Å². The molecule has 0 radical (unpaired) electrons. The van der Waals surface area contributed by atoms with Crippen LogP contribution in [0.1, 0.15) is 78.5 Å². The molecule has 1 saturated heterocycles. The first kappa shape index (κ1) is 39.7. The van der Waals surface area contributed by atoms with Gasteiger partial charge in [-0.05, 0) is 63.6 Å². The smallest absolute Gasteiger partial charge is 0.303 e. The first-order chi connectivity index (χ1) is 22.4. The van der Waals surface area contributed by atoms with Gasteiger partial charge in [-0.2, -0.15) is 0 Å². The summed E-state index contributed by atoms with van der Waals surface area (Å²) in [5, 5.41) is 5.32. The molecule has 1 fully saturated rings. The molecule has 0 aliphatic carbocycles. The summed E-state index contributed by atoms with van der Waals surface area (Å²) in [7, 11) is 0. The molecule has 264 valence electrons. The number of ether oxygens (including phenoxy) is 2. The number of allylic oxidation sites excluding steroid dienone is 1. The third-order valence-corrected chi connectivity index (χ3v) is 8.61. The number of benzene rings is 1. The number of fused-ring (bicyclic) bond motifs is 1. The van der Waals surface area contributed by atoms with E-state index in [1.54, 1.807) is 6.92 Å². The number of amides is 2. The fourth-order valence-electron chi connectivity index (χ4n) is 5.38. The van der Waals surface area contributed by atoms with Crippen LogP contribution in [0.2, 0.25) is 0 Å². The van der Waals surface area contributed by atoms with Crippen LogP contribution in [0.5, 0.6) is 0 Å². The zero-order valence-electron chi connectivity index (χ0n) is 28.5. The van der Waals surface area contributed by atoms with E-state index in [-0.39, 0.29) is 61.8 Å². The van der Waals surface area contributed by atoms with Crippen LogP contribution in [0.15, 0.2) is 36.4 Å². The maximum atomic E-state index is 13.4. The molecular weight excluding hydrogens is 679 g/mol. The minimum absolute atomic E-state index is 0.00410. The minimum atomic E-state index is -1.51. The molecule has 2 amide bonds. The number of hydrogen-bond acceptors (Lipinski definition) is 8. The summed E-state index contributed by atoms with van der Waals surface area (Å²) in [5.41, 5.74) is 4.66. The molecule has 1 aromatic carbocycles. The van der Waals surface area contributed by atoms with E-state index in [1.807, 2.05) is 70.2 Å². The lowest BCUT2D eigenvalue weighted by Crippen LogP contribution is -2.58. The molecule has 2 aromatic rings. The van der Waals surface area contributed by atoms with Crippen LogP contribution >= 0.6 is 34.8 Å². The van der Waals surface area contributed by atoms with Gasteiger partial charge in [0.1, 0.15) is 18.4 Å². The first-order valence-electron chi connectivity index (χ1n) is 16.2. The molecule has 3 rings (SSSR count). The largest absolute Gasteiger partial charge is 0.459 e. The van der Waals surface area contributed by atoms with Gasteiger partial charge in [-0.15, -0.1) is 0 Å². The molecule has 1 aromatic heterocycles. The Morgan fingerprint density at radius 3 is 2.50 bits per heavy atom. The number of nitrogens with one attached hydrogen (secondary N) is 2. The summed E-state index contributed by atoms with van der Waals surface area (Å²) >= 11 is 17.2. The number of hydrazine groups is 1. The molecule has 2 N–H and O–H groups in total. The second-order valence-corrected chi connectivity index (χ2v) is 15.7. The second-order valence-electron chi connectivity index (χ2n) is 13.2. The molecule has 0 bridgehead atoms. The Labute approximate surface area is 298 Å². The average molecular weight is 726 g/mol. The van der Waals surface area contributed by atoms with Gasteiger partial charge in [-0.25, -0.2) is 10.4 Å². The monoisotopic (exact) mass is 724 g/mol. The fraction of sp³-hybridized carbons (Fsp3) is 0.571. The first-order valence-corrected chi connectivity index (χ1v) is 17.4. The molecule has 2 heterocycles. The summed E-state index contributed by atoms with van der Waals surface area (Å²) < 4.78 is 9.03. The summed E-state index contributed by atoms with van der Waals surface area (Å²) in [6, 6.07) is 8.67. The number of Topliss-reactive ketones (excluding diaryl/α,β-unsaturated/α-hetero) is 1. The van der Waals surface area contributed by atoms with Crippen molar-refractivity contribution in [1.82, 2.24) is 20.7 Å². The van der Waals surface area contributed by atoms with E-state index in [4.69, 9.17) is 44.3 Å². The van der Waals surface area contributed by atoms with Crippen molar-refractivity contribution in [2.24, 2.45) is 17.3 Å². The van der Waals surface area contributed by atoms with Crippen molar-refractivity contribution in [1.29, 1.82) is 0 Å². The van der Waals surface area contributed by atoms with Gasteiger partial charge in [0.05, 0.1) is 24.4 Å². The van der Waals surface area contributed by atoms with Gasteiger partial charge in [0.2, 0.25) is 9.70 Å². The number of pyridine rings is 1. The highest BCUT2D eigenvalue weighted by Gasteiger charge is 2.32. The number of aromatic nitrogens is 1. The predicted octanol–water partition coefficient (Wildman–Crippen LogP) is 6.35. The van der Waals surface area contributed by atoms with E-state index in [1.165, 1.54) is 11.9 Å². The Hall–Kier alpha value is -2.76. The summed E-state index contributed by atoms with van der Waals surface area (Å²) in [6.07, 6.45) is 5.88. The minimum Gasteiger partial charge on any atom is -0.459 e. The van der Waals surface area contributed by atoms with E-state index >= 15 is 0 Å². The molecule has 48 heavy (non-hydrogen) atoms. The van der Waals surface area contributed by atoms with E-state index in [0.29, 0.717) is 18.7 Å². The molecule has 0 saturated carbocycles. The van der Waals surface area contributed by atoms with Crippen molar-refractivity contribution in [2.75, 3.05) is 19.8 Å². The van der Waals surface area contributed by atoms with Crippen molar-refractivity contribution in [2.45, 2.75) is 89.7 Å². The number of carbonyl (C=O) groups is 4. The highest BCUT2D eigenvalue weighted by atomic mass is 35.6. The van der Waals surface area contributed by atoms with Gasteiger partial charge >= 0.3 is 5.97 Å². The number of rotatable bonds is 15. The number of ketones is 1. The number of halogens is 3. The highest BCUT2D eigenvalue weighted by molar-refractivity contribution is 6.67. The van der Waals surface area contributed by atoms with E-state index in [0.717, 1.165) is 29.3 Å². The second kappa shape index (κ2) is 17.8.